The Hall–Kier alpha value is -3.18. The van der Waals surface area contributed by atoms with Gasteiger partial charge in [0.15, 0.2) is 5.65 Å². The van der Waals surface area contributed by atoms with Gasteiger partial charge < -0.3 is 10.1 Å². The van der Waals surface area contributed by atoms with E-state index in [1.54, 1.807) is 0 Å². The van der Waals surface area contributed by atoms with Gasteiger partial charge in [0.25, 0.3) is 0 Å². The second kappa shape index (κ2) is 8.67. The van der Waals surface area contributed by atoms with E-state index >= 15 is 0 Å². The summed E-state index contributed by atoms with van der Waals surface area (Å²) in [4.78, 5) is 4.65. The quantitative estimate of drug-likeness (QED) is 0.482. The lowest BCUT2D eigenvalue weighted by atomic mass is 9.93. The van der Waals surface area contributed by atoms with Crippen molar-refractivity contribution >= 4 is 17.3 Å². The molecule has 3 heterocycles. The lowest BCUT2D eigenvalue weighted by molar-refractivity contribution is 0.141. The lowest BCUT2D eigenvalue weighted by Gasteiger charge is -2.13. The molecule has 0 spiro atoms. The van der Waals surface area contributed by atoms with Gasteiger partial charge in [-0.05, 0) is 61.4 Å². The van der Waals surface area contributed by atoms with E-state index in [0.717, 1.165) is 54.6 Å². The molecule has 0 amide bonds. The minimum Gasteiger partial charge on any atom is -0.381 e. The maximum absolute atomic E-state index is 5.58. The van der Waals surface area contributed by atoms with Gasteiger partial charge in [0.1, 0.15) is 0 Å². The third-order valence-corrected chi connectivity index (χ3v) is 5.74. The number of aromatic nitrogens is 3. The van der Waals surface area contributed by atoms with Crippen LogP contribution >= 0.6 is 0 Å². The van der Waals surface area contributed by atoms with E-state index < -0.39 is 0 Å². The molecule has 1 aliphatic heterocycles. The van der Waals surface area contributed by atoms with Gasteiger partial charge in [-0.3, -0.25) is 0 Å². The average Bonchev–Trinajstić information content (AvgIpc) is 3.02. The smallest absolute Gasteiger partial charge is 0.247 e. The van der Waals surface area contributed by atoms with Crippen LogP contribution in [0.1, 0.15) is 24.8 Å². The van der Waals surface area contributed by atoms with E-state index in [1.165, 1.54) is 18.4 Å². The van der Waals surface area contributed by atoms with E-state index in [4.69, 9.17) is 9.84 Å². The van der Waals surface area contributed by atoms with Crippen LogP contribution in [0, 0.1) is 5.92 Å². The van der Waals surface area contributed by atoms with Crippen molar-refractivity contribution in [2.75, 3.05) is 18.5 Å². The van der Waals surface area contributed by atoms with Crippen molar-refractivity contribution in [3.05, 3.63) is 78.4 Å². The van der Waals surface area contributed by atoms with Crippen LogP contribution in [0.25, 0.3) is 16.9 Å². The number of rotatable bonds is 5. The average molecular weight is 399 g/mol. The summed E-state index contributed by atoms with van der Waals surface area (Å²) < 4.78 is 7.47. The number of fused-ring (bicyclic) bond motifs is 1. The van der Waals surface area contributed by atoms with Crippen LogP contribution in [-0.4, -0.2) is 27.8 Å². The van der Waals surface area contributed by atoms with Crippen LogP contribution in [0.15, 0.2) is 72.8 Å². The number of pyridine rings is 1. The van der Waals surface area contributed by atoms with Gasteiger partial charge >= 0.3 is 0 Å². The Labute approximate surface area is 176 Å². The molecule has 1 atom stereocenters. The first-order valence-corrected chi connectivity index (χ1v) is 10.7. The number of nitrogens with one attached hydrogen (secondary N) is 1. The third kappa shape index (κ3) is 4.21. The van der Waals surface area contributed by atoms with Crippen molar-refractivity contribution in [1.82, 2.24) is 14.6 Å². The summed E-state index contributed by atoms with van der Waals surface area (Å²) in [5.74, 6) is 1.33. The number of hydrogen-bond acceptors (Lipinski definition) is 4. The molecule has 2 aromatic carbocycles. The van der Waals surface area contributed by atoms with Gasteiger partial charge in [0.2, 0.25) is 5.95 Å². The van der Waals surface area contributed by atoms with Gasteiger partial charge in [-0.2, -0.15) is 4.98 Å². The predicted molar refractivity (Wildman–Crippen MR) is 120 cm³/mol. The number of ether oxygens (including phenoxy) is 1. The summed E-state index contributed by atoms with van der Waals surface area (Å²) in [6.07, 6.45) is 4.72. The van der Waals surface area contributed by atoms with E-state index in [9.17, 15) is 0 Å². The molecule has 1 fully saturated rings. The van der Waals surface area contributed by atoms with Gasteiger partial charge in [-0.1, -0.05) is 48.5 Å². The summed E-state index contributed by atoms with van der Waals surface area (Å²) in [5, 5.41) is 8.04. The number of nitrogens with zero attached hydrogens (tertiary/aromatic N) is 3. The van der Waals surface area contributed by atoms with Crippen molar-refractivity contribution in [2.24, 2.45) is 5.92 Å². The molecule has 1 unspecified atom stereocenters. The summed E-state index contributed by atoms with van der Waals surface area (Å²) in [6.45, 7) is 1.81. The van der Waals surface area contributed by atoms with Crippen LogP contribution in [0.4, 0.5) is 11.6 Å². The molecular formula is C25H26N4O. The first-order valence-electron chi connectivity index (χ1n) is 10.7. The van der Waals surface area contributed by atoms with E-state index in [-0.39, 0.29) is 0 Å². The normalized spacial score (nSPS) is 17.0. The van der Waals surface area contributed by atoms with Crippen LogP contribution in [-0.2, 0) is 11.2 Å². The minimum atomic E-state index is 0.604. The van der Waals surface area contributed by atoms with Gasteiger partial charge in [-0.15, -0.1) is 5.10 Å². The highest BCUT2D eigenvalue weighted by Crippen LogP contribution is 2.24. The zero-order chi connectivity index (χ0) is 20.2. The highest BCUT2D eigenvalue weighted by molar-refractivity contribution is 5.64. The Balaban J connectivity index is 1.32. The molecule has 0 radical (unpaired) electrons. The fraction of sp³-hybridized carbons (Fsp3) is 0.280. The van der Waals surface area contributed by atoms with E-state index in [0.29, 0.717) is 5.95 Å². The molecule has 0 aliphatic carbocycles. The van der Waals surface area contributed by atoms with Crippen molar-refractivity contribution in [2.45, 2.75) is 25.7 Å². The zero-order valence-corrected chi connectivity index (χ0v) is 17.0. The largest absolute Gasteiger partial charge is 0.381 e. The molecule has 1 aliphatic rings. The first kappa shape index (κ1) is 18.8. The topological polar surface area (TPSA) is 51.5 Å². The Kier molecular flexibility index (Phi) is 5.44. The standard InChI is InChI=1S/C25H26N4O/c1-2-7-21(8-3-1)23-9-4-10-24-27-25(28-29(23)24)26-22-13-11-20(12-14-22)18-19-6-5-16-30-17-15-19/h1-4,7-14,19H,5-6,15-18H2,(H,26,28). The van der Waals surface area contributed by atoms with Crippen molar-refractivity contribution in [3.63, 3.8) is 0 Å². The Bertz CT molecular complexity index is 1100. The fourth-order valence-corrected chi connectivity index (χ4v) is 4.15. The molecular weight excluding hydrogens is 372 g/mol. The molecule has 1 saturated heterocycles. The highest BCUT2D eigenvalue weighted by Gasteiger charge is 2.13. The predicted octanol–water partition coefficient (Wildman–Crippen LogP) is 5.50. The summed E-state index contributed by atoms with van der Waals surface area (Å²) in [6, 6.07) is 25.0. The molecule has 1 N–H and O–H groups in total. The molecule has 0 bridgehead atoms. The second-order valence-corrected chi connectivity index (χ2v) is 7.92. The molecule has 2 aromatic heterocycles. The van der Waals surface area contributed by atoms with E-state index in [1.807, 2.05) is 34.8 Å². The Morgan fingerprint density at radius 1 is 0.900 bits per heavy atom. The number of anilines is 2. The molecule has 5 nitrogen and oxygen atoms in total. The number of hydrogen-bond donors (Lipinski definition) is 1. The molecule has 30 heavy (non-hydrogen) atoms. The van der Waals surface area contributed by atoms with Crippen LogP contribution in [0.3, 0.4) is 0 Å². The van der Waals surface area contributed by atoms with Gasteiger partial charge in [-0.25, -0.2) is 4.52 Å². The zero-order valence-electron chi connectivity index (χ0n) is 17.0. The van der Waals surface area contributed by atoms with Crippen LogP contribution in [0.5, 0.6) is 0 Å². The molecule has 5 rings (SSSR count). The maximum Gasteiger partial charge on any atom is 0.247 e. The molecule has 4 aromatic rings. The Morgan fingerprint density at radius 3 is 2.63 bits per heavy atom. The Morgan fingerprint density at radius 2 is 1.77 bits per heavy atom. The van der Waals surface area contributed by atoms with Crippen molar-refractivity contribution < 1.29 is 4.74 Å². The fourth-order valence-electron chi connectivity index (χ4n) is 4.15. The van der Waals surface area contributed by atoms with Crippen LogP contribution < -0.4 is 5.32 Å². The molecule has 5 heteroatoms. The highest BCUT2D eigenvalue weighted by atomic mass is 16.5. The second-order valence-electron chi connectivity index (χ2n) is 7.92. The van der Waals surface area contributed by atoms with Crippen LogP contribution in [0.2, 0.25) is 0 Å². The van der Waals surface area contributed by atoms with Gasteiger partial charge in [0.05, 0.1) is 5.69 Å². The third-order valence-electron chi connectivity index (χ3n) is 5.74. The lowest BCUT2D eigenvalue weighted by Crippen LogP contribution is -2.05. The summed E-state index contributed by atoms with van der Waals surface area (Å²) in [7, 11) is 0. The molecule has 152 valence electrons. The first-order chi connectivity index (χ1) is 14.8. The summed E-state index contributed by atoms with van der Waals surface area (Å²) >= 11 is 0. The van der Waals surface area contributed by atoms with Crippen molar-refractivity contribution in [1.29, 1.82) is 0 Å². The maximum atomic E-state index is 5.58. The SMILES string of the molecule is c1ccc(-c2cccc3nc(Nc4ccc(CC5CCCOCC5)cc4)nn23)cc1. The van der Waals surface area contributed by atoms with Crippen molar-refractivity contribution in [3.8, 4) is 11.3 Å². The number of benzene rings is 2. The summed E-state index contributed by atoms with van der Waals surface area (Å²) in [5.41, 5.74) is 5.34. The monoisotopic (exact) mass is 398 g/mol. The minimum absolute atomic E-state index is 0.604. The molecule has 0 saturated carbocycles. The van der Waals surface area contributed by atoms with Gasteiger partial charge in [0, 0.05) is 24.5 Å². The van der Waals surface area contributed by atoms with E-state index in [2.05, 4.69) is 52.8 Å².